The number of hydrogen-bond acceptors (Lipinski definition) is 4. The average Bonchev–Trinajstić information content (AvgIpc) is 2.70. The van der Waals surface area contributed by atoms with Crippen molar-refractivity contribution in [2.75, 3.05) is 17.1 Å². The number of aryl methyl sites for hydroxylation is 3. The molecule has 2 aromatic rings. The SMILES string of the molecule is Cc1ccc(N(CC(=O)N(Cc2ccccc2C)[C@@H](C)C(=O)NC(C)C)S(C)(=O)=O)c(C)c1. The third kappa shape index (κ3) is 7.05. The number of nitrogens with one attached hydrogen (secondary N) is 1. The molecule has 0 aromatic heterocycles. The predicted octanol–water partition coefficient (Wildman–Crippen LogP) is 3.32. The Kier molecular flexibility index (Phi) is 8.66. The van der Waals surface area contributed by atoms with Gasteiger partial charge in [-0.1, -0.05) is 42.0 Å². The van der Waals surface area contributed by atoms with Gasteiger partial charge in [0.25, 0.3) is 0 Å². The van der Waals surface area contributed by atoms with E-state index in [1.165, 1.54) is 4.90 Å². The van der Waals surface area contributed by atoms with Crippen LogP contribution in [0.15, 0.2) is 42.5 Å². The third-order valence-electron chi connectivity index (χ3n) is 5.50. The molecule has 0 saturated heterocycles. The summed E-state index contributed by atoms with van der Waals surface area (Å²) >= 11 is 0. The van der Waals surface area contributed by atoms with Crippen molar-refractivity contribution in [1.82, 2.24) is 10.2 Å². The van der Waals surface area contributed by atoms with Gasteiger partial charge in [-0.25, -0.2) is 8.42 Å². The molecule has 0 heterocycles. The molecule has 180 valence electrons. The molecule has 1 atom stereocenters. The summed E-state index contributed by atoms with van der Waals surface area (Å²) < 4.78 is 26.4. The van der Waals surface area contributed by atoms with E-state index in [1.807, 2.05) is 71.0 Å². The lowest BCUT2D eigenvalue weighted by Crippen LogP contribution is -2.52. The molecule has 0 fully saturated rings. The van der Waals surface area contributed by atoms with Gasteiger partial charge in [-0.2, -0.15) is 0 Å². The number of benzene rings is 2. The zero-order valence-corrected chi connectivity index (χ0v) is 21.4. The minimum Gasteiger partial charge on any atom is -0.352 e. The molecule has 7 nitrogen and oxygen atoms in total. The van der Waals surface area contributed by atoms with Gasteiger partial charge >= 0.3 is 0 Å². The van der Waals surface area contributed by atoms with E-state index in [-0.39, 0.29) is 18.5 Å². The Labute approximate surface area is 197 Å². The second-order valence-electron chi connectivity index (χ2n) is 8.85. The van der Waals surface area contributed by atoms with Gasteiger partial charge in [-0.15, -0.1) is 0 Å². The van der Waals surface area contributed by atoms with Crippen LogP contribution in [-0.2, 0) is 26.2 Å². The summed E-state index contributed by atoms with van der Waals surface area (Å²) in [6, 6.07) is 12.2. The van der Waals surface area contributed by atoms with Crippen molar-refractivity contribution in [3.63, 3.8) is 0 Å². The molecule has 0 unspecified atom stereocenters. The van der Waals surface area contributed by atoms with Gasteiger partial charge in [0.05, 0.1) is 11.9 Å². The highest BCUT2D eigenvalue weighted by atomic mass is 32.2. The lowest BCUT2D eigenvalue weighted by atomic mass is 10.1. The van der Waals surface area contributed by atoms with Crippen LogP contribution in [0.5, 0.6) is 0 Å². The maximum absolute atomic E-state index is 13.5. The molecule has 0 spiro atoms. The van der Waals surface area contributed by atoms with E-state index in [2.05, 4.69) is 5.32 Å². The van der Waals surface area contributed by atoms with E-state index >= 15 is 0 Å². The van der Waals surface area contributed by atoms with Crippen LogP contribution >= 0.6 is 0 Å². The molecule has 2 aromatic carbocycles. The van der Waals surface area contributed by atoms with Crippen LogP contribution in [0, 0.1) is 20.8 Å². The molecule has 2 rings (SSSR count). The predicted molar refractivity (Wildman–Crippen MR) is 133 cm³/mol. The van der Waals surface area contributed by atoms with Crippen LogP contribution in [0.4, 0.5) is 5.69 Å². The second-order valence-corrected chi connectivity index (χ2v) is 10.8. The first-order valence-corrected chi connectivity index (χ1v) is 12.9. The number of carbonyl (C=O) groups excluding carboxylic acids is 2. The Morgan fingerprint density at radius 2 is 1.61 bits per heavy atom. The molecule has 8 heteroatoms. The number of amides is 2. The normalized spacial score (nSPS) is 12.4. The standard InChI is InChI=1S/C25H35N3O4S/c1-17(2)26-25(30)21(6)27(15-22-11-9-8-10-19(22)4)24(29)16-28(33(7,31)32)23-13-12-18(3)14-20(23)5/h8-14,17,21H,15-16H2,1-7H3,(H,26,30)/t21-/m0/s1. The van der Waals surface area contributed by atoms with Crippen molar-refractivity contribution in [1.29, 1.82) is 0 Å². The Bertz CT molecular complexity index is 1110. The van der Waals surface area contributed by atoms with Crippen LogP contribution in [0.3, 0.4) is 0 Å². The van der Waals surface area contributed by atoms with Crippen LogP contribution in [0.2, 0.25) is 0 Å². The number of carbonyl (C=O) groups is 2. The first-order chi connectivity index (χ1) is 15.3. The van der Waals surface area contributed by atoms with Gasteiger partial charge in [0.1, 0.15) is 12.6 Å². The first-order valence-electron chi connectivity index (χ1n) is 11.0. The van der Waals surface area contributed by atoms with Gasteiger partial charge < -0.3 is 10.2 Å². The zero-order chi connectivity index (χ0) is 24.9. The van der Waals surface area contributed by atoms with Gasteiger partial charge in [0, 0.05) is 12.6 Å². The quantitative estimate of drug-likeness (QED) is 0.605. The van der Waals surface area contributed by atoms with E-state index < -0.39 is 28.5 Å². The Balaban J connectivity index is 2.44. The summed E-state index contributed by atoms with van der Waals surface area (Å²) in [5.74, 6) is -0.737. The van der Waals surface area contributed by atoms with E-state index in [0.717, 1.165) is 32.8 Å². The smallest absolute Gasteiger partial charge is 0.244 e. The average molecular weight is 474 g/mol. The Morgan fingerprint density at radius 1 is 0.970 bits per heavy atom. The van der Waals surface area contributed by atoms with Crippen molar-refractivity contribution >= 4 is 27.5 Å². The molecule has 33 heavy (non-hydrogen) atoms. The van der Waals surface area contributed by atoms with Crippen LogP contribution in [0.1, 0.15) is 43.0 Å². The van der Waals surface area contributed by atoms with Crippen molar-refractivity contribution in [2.24, 2.45) is 0 Å². The number of rotatable bonds is 9. The van der Waals surface area contributed by atoms with Crippen molar-refractivity contribution in [2.45, 2.75) is 60.2 Å². The maximum atomic E-state index is 13.5. The summed E-state index contributed by atoms with van der Waals surface area (Å²) in [6.45, 7) is 10.8. The van der Waals surface area contributed by atoms with E-state index in [1.54, 1.807) is 13.0 Å². The van der Waals surface area contributed by atoms with Crippen LogP contribution in [0.25, 0.3) is 0 Å². The fourth-order valence-corrected chi connectivity index (χ4v) is 4.55. The minimum atomic E-state index is -3.74. The second kappa shape index (κ2) is 10.8. The fourth-order valence-electron chi connectivity index (χ4n) is 3.64. The highest BCUT2D eigenvalue weighted by Gasteiger charge is 2.31. The number of anilines is 1. The molecule has 0 bridgehead atoms. The number of nitrogens with zero attached hydrogens (tertiary/aromatic N) is 2. The molecule has 1 N–H and O–H groups in total. The lowest BCUT2D eigenvalue weighted by molar-refractivity contribution is -0.139. The largest absolute Gasteiger partial charge is 0.352 e. The minimum absolute atomic E-state index is 0.0851. The van der Waals surface area contributed by atoms with E-state index in [9.17, 15) is 18.0 Å². The van der Waals surface area contributed by atoms with Gasteiger partial charge in [-0.05, 0) is 64.3 Å². The van der Waals surface area contributed by atoms with Crippen LogP contribution < -0.4 is 9.62 Å². The fraction of sp³-hybridized carbons (Fsp3) is 0.440. The van der Waals surface area contributed by atoms with Crippen molar-refractivity contribution in [3.05, 3.63) is 64.7 Å². The summed E-state index contributed by atoms with van der Waals surface area (Å²) in [4.78, 5) is 27.8. The monoisotopic (exact) mass is 473 g/mol. The lowest BCUT2D eigenvalue weighted by Gasteiger charge is -2.32. The summed E-state index contributed by atoms with van der Waals surface area (Å²) in [5.41, 5.74) is 4.08. The molecule has 2 amide bonds. The van der Waals surface area contributed by atoms with E-state index in [4.69, 9.17) is 0 Å². The maximum Gasteiger partial charge on any atom is 0.244 e. The molecular formula is C25H35N3O4S. The molecule has 0 radical (unpaired) electrons. The highest BCUT2D eigenvalue weighted by Crippen LogP contribution is 2.24. The number of hydrogen-bond donors (Lipinski definition) is 1. The Morgan fingerprint density at radius 3 is 2.15 bits per heavy atom. The van der Waals surface area contributed by atoms with Gasteiger partial charge in [0.2, 0.25) is 21.8 Å². The zero-order valence-electron chi connectivity index (χ0n) is 20.5. The Hall–Kier alpha value is -2.87. The van der Waals surface area contributed by atoms with Crippen LogP contribution in [-0.4, -0.2) is 50.0 Å². The molecule has 0 saturated carbocycles. The first kappa shape index (κ1) is 26.4. The van der Waals surface area contributed by atoms with Crippen molar-refractivity contribution < 1.29 is 18.0 Å². The summed E-state index contributed by atoms with van der Waals surface area (Å²) in [5, 5.41) is 2.84. The molecule has 0 aliphatic rings. The third-order valence-corrected chi connectivity index (χ3v) is 6.63. The molecule has 0 aliphatic heterocycles. The summed E-state index contributed by atoms with van der Waals surface area (Å²) in [6.07, 6.45) is 1.08. The van der Waals surface area contributed by atoms with E-state index in [0.29, 0.717) is 5.69 Å². The molecule has 0 aliphatic carbocycles. The number of sulfonamides is 1. The topological polar surface area (TPSA) is 86.8 Å². The molecular weight excluding hydrogens is 438 g/mol. The highest BCUT2D eigenvalue weighted by molar-refractivity contribution is 7.92. The van der Waals surface area contributed by atoms with Crippen molar-refractivity contribution in [3.8, 4) is 0 Å². The summed E-state index contributed by atoms with van der Waals surface area (Å²) in [7, 11) is -3.74. The van der Waals surface area contributed by atoms with Gasteiger partial charge in [-0.3, -0.25) is 13.9 Å². The van der Waals surface area contributed by atoms with Gasteiger partial charge in [0.15, 0.2) is 0 Å².